The van der Waals surface area contributed by atoms with Crippen LogP contribution in [0.5, 0.6) is 11.5 Å². The Morgan fingerprint density at radius 3 is 2.52 bits per heavy atom. The SMILES string of the molecule is CCNC(=NCc1ccc(OC)c(F)c1)NCc1ccc(C)cc1OCCCOC.I. The highest BCUT2D eigenvalue weighted by Gasteiger charge is 2.07. The highest BCUT2D eigenvalue weighted by Crippen LogP contribution is 2.21. The lowest BCUT2D eigenvalue weighted by Crippen LogP contribution is -2.36. The molecule has 0 atom stereocenters. The van der Waals surface area contributed by atoms with Crippen molar-refractivity contribution >= 4 is 29.9 Å². The zero-order valence-electron chi connectivity index (χ0n) is 18.7. The van der Waals surface area contributed by atoms with Crippen molar-refractivity contribution in [1.82, 2.24) is 10.6 Å². The van der Waals surface area contributed by atoms with E-state index >= 15 is 0 Å². The van der Waals surface area contributed by atoms with Gasteiger partial charge in [0.05, 0.1) is 20.3 Å². The van der Waals surface area contributed by atoms with E-state index in [1.807, 2.05) is 19.9 Å². The Kier molecular flexibility index (Phi) is 12.9. The Morgan fingerprint density at radius 1 is 1.03 bits per heavy atom. The summed E-state index contributed by atoms with van der Waals surface area (Å²) in [6.45, 7) is 6.94. The number of guanidine groups is 1. The summed E-state index contributed by atoms with van der Waals surface area (Å²) in [5.74, 6) is 1.34. The van der Waals surface area contributed by atoms with E-state index in [0.29, 0.717) is 32.3 Å². The van der Waals surface area contributed by atoms with Crippen molar-refractivity contribution in [3.63, 3.8) is 0 Å². The predicted molar refractivity (Wildman–Crippen MR) is 133 cm³/mol. The lowest BCUT2D eigenvalue weighted by molar-refractivity contribution is 0.171. The van der Waals surface area contributed by atoms with Crippen LogP contribution >= 0.6 is 24.0 Å². The molecule has 0 aliphatic rings. The summed E-state index contributed by atoms with van der Waals surface area (Å²) in [5, 5.41) is 6.54. The van der Waals surface area contributed by atoms with Crippen LogP contribution in [0.4, 0.5) is 4.39 Å². The average molecular weight is 545 g/mol. The summed E-state index contributed by atoms with van der Waals surface area (Å²) in [6.07, 6.45) is 0.833. The molecule has 6 nitrogen and oxygen atoms in total. The minimum Gasteiger partial charge on any atom is -0.494 e. The molecule has 172 valence electrons. The van der Waals surface area contributed by atoms with Gasteiger partial charge >= 0.3 is 0 Å². The van der Waals surface area contributed by atoms with Crippen LogP contribution in [-0.2, 0) is 17.8 Å². The first-order valence-electron chi connectivity index (χ1n) is 10.1. The monoisotopic (exact) mass is 545 g/mol. The number of benzene rings is 2. The fourth-order valence-corrected chi connectivity index (χ4v) is 2.83. The fourth-order valence-electron chi connectivity index (χ4n) is 2.83. The first-order valence-corrected chi connectivity index (χ1v) is 10.1. The molecule has 2 aromatic rings. The number of methoxy groups -OCH3 is 2. The largest absolute Gasteiger partial charge is 0.494 e. The molecule has 0 heterocycles. The van der Waals surface area contributed by atoms with E-state index in [-0.39, 0.29) is 29.7 Å². The Hall–Kier alpha value is -2.07. The van der Waals surface area contributed by atoms with Crippen molar-refractivity contribution in [2.75, 3.05) is 34.0 Å². The van der Waals surface area contributed by atoms with Crippen LogP contribution in [0.3, 0.4) is 0 Å². The van der Waals surface area contributed by atoms with Gasteiger partial charge in [-0.1, -0.05) is 18.2 Å². The van der Waals surface area contributed by atoms with Crippen molar-refractivity contribution < 1.29 is 18.6 Å². The number of aliphatic imine (C=N–C) groups is 1. The van der Waals surface area contributed by atoms with Gasteiger partial charge in [0.1, 0.15) is 5.75 Å². The van der Waals surface area contributed by atoms with Crippen LogP contribution in [0.1, 0.15) is 30.0 Å². The summed E-state index contributed by atoms with van der Waals surface area (Å²) in [7, 11) is 3.13. The molecular weight excluding hydrogens is 512 g/mol. The first-order chi connectivity index (χ1) is 14.6. The van der Waals surface area contributed by atoms with Gasteiger partial charge in [-0.25, -0.2) is 9.38 Å². The van der Waals surface area contributed by atoms with Crippen molar-refractivity contribution in [2.45, 2.75) is 33.4 Å². The van der Waals surface area contributed by atoms with Gasteiger partial charge in [-0.2, -0.15) is 0 Å². The summed E-state index contributed by atoms with van der Waals surface area (Å²) in [5.41, 5.74) is 2.95. The number of rotatable bonds is 11. The van der Waals surface area contributed by atoms with Gasteiger partial charge in [0, 0.05) is 38.8 Å². The molecule has 0 aliphatic carbocycles. The second kappa shape index (κ2) is 14.9. The third kappa shape index (κ3) is 9.30. The number of hydrogen-bond acceptors (Lipinski definition) is 4. The molecule has 0 unspecified atom stereocenters. The third-order valence-corrected chi connectivity index (χ3v) is 4.40. The molecule has 2 N–H and O–H groups in total. The van der Waals surface area contributed by atoms with Crippen LogP contribution in [0.25, 0.3) is 0 Å². The highest BCUT2D eigenvalue weighted by atomic mass is 127. The van der Waals surface area contributed by atoms with E-state index in [0.717, 1.165) is 35.4 Å². The number of nitrogens with one attached hydrogen (secondary N) is 2. The number of halogens is 2. The second-order valence-corrected chi connectivity index (χ2v) is 6.82. The maximum absolute atomic E-state index is 13.9. The minimum absolute atomic E-state index is 0. The second-order valence-electron chi connectivity index (χ2n) is 6.82. The lowest BCUT2D eigenvalue weighted by atomic mass is 10.1. The first kappa shape index (κ1) is 27.0. The maximum atomic E-state index is 13.9. The number of nitrogens with zero attached hydrogens (tertiary/aromatic N) is 1. The zero-order valence-corrected chi connectivity index (χ0v) is 21.0. The molecule has 2 rings (SSSR count). The van der Waals surface area contributed by atoms with Crippen molar-refractivity contribution in [1.29, 1.82) is 0 Å². The smallest absolute Gasteiger partial charge is 0.191 e. The third-order valence-electron chi connectivity index (χ3n) is 4.40. The summed E-state index contributed by atoms with van der Waals surface area (Å²) < 4.78 is 29.9. The molecule has 0 aromatic heterocycles. The van der Waals surface area contributed by atoms with E-state index in [9.17, 15) is 4.39 Å². The van der Waals surface area contributed by atoms with Crippen LogP contribution in [0, 0.1) is 12.7 Å². The number of ether oxygens (including phenoxy) is 3. The van der Waals surface area contributed by atoms with Gasteiger partial charge in [0.15, 0.2) is 17.5 Å². The van der Waals surface area contributed by atoms with Gasteiger partial charge in [0.2, 0.25) is 0 Å². The van der Waals surface area contributed by atoms with Gasteiger partial charge in [-0.05, 0) is 43.2 Å². The van der Waals surface area contributed by atoms with Crippen molar-refractivity contribution in [3.8, 4) is 11.5 Å². The van der Waals surface area contributed by atoms with E-state index in [1.165, 1.54) is 13.2 Å². The van der Waals surface area contributed by atoms with E-state index in [4.69, 9.17) is 14.2 Å². The van der Waals surface area contributed by atoms with Gasteiger partial charge in [0.25, 0.3) is 0 Å². The Labute approximate surface area is 201 Å². The fraction of sp³-hybridized carbons (Fsp3) is 0.435. The Bertz CT molecular complexity index is 834. The van der Waals surface area contributed by atoms with E-state index in [1.54, 1.807) is 19.2 Å². The average Bonchev–Trinajstić information content (AvgIpc) is 2.74. The summed E-state index contributed by atoms with van der Waals surface area (Å²) in [6, 6.07) is 11.0. The lowest BCUT2D eigenvalue weighted by Gasteiger charge is -2.15. The minimum atomic E-state index is -0.391. The van der Waals surface area contributed by atoms with Crippen LogP contribution < -0.4 is 20.1 Å². The molecular formula is C23H33FIN3O3. The van der Waals surface area contributed by atoms with Crippen molar-refractivity contribution in [3.05, 3.63) is 58.9 Å². The standard InChI is InChI=1S/C23H32FN3O3.HI/c1-5-25-23(26-15-18-8-10-21(29-4)20(24)14-18)27-16-19-9-7-17(2)13-22(19)30-12-6-11-28-3;/h7-10,13-14H,5-6,11-12,15-16H2,1-4H3,(H2,25,26,27);1H. The molecule has 0 fully saturated rings. The molecule has 0 amide bonds. The topological polar surface area (TPSA) is 64.1 Å². The number of hydrogen-bond donors (Lipinski definition) is 2. The molecule has 0 saturated carbocycles. The Morgan fingerprint density at radius 2 is 1.84 bits per heavy atom. The molecule has 8 heteroatoms. The molecule has 0 bridgehead atoms. The summed E-state index contributed by atoms with van der Waals surface area (Å²) >= 11 is 0. The van der Waals surface area contributed by atoms with Crippen LogP contribution in [-0.4, -0.2) is 39.9 Å². The van der Waals surface area contributed by atoms with Gasteiger partial charge in [-0.3, -0.25) is 0 Å². The van der Waals surface area contributed by atoms with E-state index in [2.05, 4.69) is 27.8 Å². The maximum Gasteiger partial charge on any atom is 0.191 e. The van der Waals surface area contributed by atoms with E-state index < -0.39 is 5.82 Å². The highest BCUT2D eigenvalue weighted by molar-refractivity contribution is 14.0. The molecule has 0 aliphatic heterocycles. The van der Waals surface area contributed by atoms with Gasteiger partial charge in [-0.15, -0.1) is 24.0 Å². The number of aryl methyl sites for hydroxylation is 1. The summed E-state index contributed by atoms with van der Waals surface area (Å²) in [4.78, 5) is 4.56. The normalized spacial score (nSPS) is 10.9. The van der Waals surface area contributed by atoms with Gasteiger partial charge < -0.3 is 24.8 Å². The Balaban J connectivity index is 0.00000480. The zero-order chi connectivity index (χ0) is 21.8. The molecule has 0 radical (unpaired) electrons. The predicted octanol–water partition coefficient (Wildman–Crippen LogP) is 4.43. The quantitative estimate of drug-likeness (QED) is 0.189. The molecule has 2 aromatic carbocycles. The molecule has 0 spiro atoms. The molecule has 0 saturated heterocycles. The molecule has 31 heavy (non-hydrogen) atoms. The van der Waals surface area contributed by atoms with Crippen molar-refractivity contribution in [2.24, 2.45) is 4.99 Å². The van der Waals surface area contributed by atoms with Crippen LogP contribution in [0.15, 0.2) is 41.4 Å². The van der Waals surface area contributed by atoms with Crippen LogP contribution in [0.2, 0.25) is 0 Å².